The number of hydrogen-bond acceptors (Lipinski definition) is 4. The molecule has 26 heavy (non-hydrogen) atoms. The van der Waals surface area contributed by atoms with Gasteiger partial charge in [-0.05, 0) is 47.4 Å². The molecule has 4 rings (SSSR count). The van der Waals surface area contributed by atoms with Crippen molar-refractivity contribution in [2.75, 3.05) is 12.3 Å². The van der Waals surface area contributed by atoms with Crippen molar-refractivity contribution in [3.8, 4) is 28.0 Å². The first-order valence-electron chi connectivity index (χ1n) is 8.20. The molecule has 0 bridgehead atoms. The van der Waals surface area contributed by atoms with Crippen molar-refractivity contribution in [2.24, 2.45) is 0 Å². The first-order valence-corrected chi connectivity index (χ1v) is 8.20. The monoisotopic (exact) mass is 349 g/mol. The number of benzene rings is 2. The maximum atomic E-state index is 14.4. The smallest absolute Gasteiger partial charge is 0.251 e. The van der Waals surface area contributed by atoms with Crippen LogP contribution in [0.1, 0.15) is 15.9 Å². The number of amides is 1. The van der Waals surface area contributed by atoms with Crippen LogP contribution in [0.25, 0.3) is 22.3 Å². The number of pyridine rings is 1. The summed E-state index contributed by atoms with van der Waals surface area (Å²) in [5.74, 6) is -0.571. The van der Waals surface area contributed by atoms with E-state index in [0.717, 1.165) is 17.5 Å². The number of carbonyl (C=O) groups is 1. The van der Waals surface area contributed by atoms with Crippen LogP contribution >= 0.6 is 0 Å². The zero-order valence-corrected chi connectivity index (χ0v) is 13.8. The van der Waals surface area contributed by atoms with Gasteiger partial charge in [0, 0.05) is 23.2 Å². The van der Waals surface area contributed by atoms with Crippen molar-refractivity contribution in [2.45, 2.75) is 6.42 Å². The lowest BCUT2D eigenvalue weighted by molar-refractivity contribution is 0.0946. The summed E-state index contributed by atoms with van der Waals surface area (Å²) in [6.07, 6.45) is 0.730. The molecule has 130 valence electrons. The first kappa shape index (κ1) is 16.1. The molecule has 1 amide bonds. The number of anilines is 1. The number of aromatic hydroxyl groups is 1. The predicted octanol–water partition coefficient (Wildman–Crippen LogP) is 3.13. The molecule has 0 saturated heterocycles. The number of carbonyl (C=O) groups excluding carboxylic acids is 1. The maximum absolute atomic E-state index is 14.4. The average molecular weight is 349 g/mol. The van der Waals surface area contributed by atoms with Crippen molar-refractivity contribution in [3.05, 3.63) is 65.6 Å². The lowest BCUT2D eigenvalue weighted by atomic mass is 9.94. The van der Waals surface area contributed by atoms with E-state index in [1.165, 1.54) is 12.1 Å². The second-order valence-electron chi connectivity index (χ2n) is 6.18. The molecule has 3 aromatic rings. The van der Waals surface area contributed by atoms with Gasteiger partial charge in [-0.3, -0.25) is 4.79 Å². The van der Waals surface area contributed by atoms with Crippen LogP contribution in [-0.2, 0) is 6.42 Å². The van der Waals surface area contributed by atoms with E-state index < -0.39 is 5.95 Å². The van der Waals surface area contributed by atoms with Gasteiger partial charge in [-0.25, -0.2) is 4.98 Å². The third-order valence-electron chi connectivity index (χ3n) is 4.52. The molecule has 0 spiro atoms. The number of nitrogens with two attached hydrogens (primary N) is 1. The largest absolute Gasteiger partial charge is 0.508 e. The summed E-state index contributed by atoms with van der Waals surface area (Å²) < 4.78 is 14.4. The highest BCUT2D eigenvalue weighted by Crippen LogP contribution is 2.33. The summed E-state index contributed by atoms with van der Waals surface area (Å²) in [6, 6.07) is 13.3. The van der Waals surface area contributed by atoms with Gasteiger partial charge in [0.1, 0.15) is 11.6 Å². The van der Waals surface area contributed by atoms with E-state index in [1.807, 2.05) is 6.07 Å². The molecule has 1 aliphatic rings. The maximum Gasteiger partial charge on any atom is 0.251 e. The lowest BCUT2D eigenvalue weighted by Crippen LogP contribution is -2.31. The zero-order chi connectivity index (χ0) is 18.3. The third-order valence-corrected chi connectivity index (χ3v) is 4.52. The second-order valence-corrected chi connectivity index (χ2v) is 6.18. The highest BCUT2D eigenvalue weighted by molar-refractivity contribution is 5.97. The Hall–Kier alpha value is -3.41. The number of nitrogens with one attached hydrogen (secondary N) is 1. The van der Waals surface area contributed by atoms with Crippen molar-refractivity contribution < 1.29 is 14.3 Å². The lowest BCUT2D eigenvalue weighted by Gasteiger charge is -2.18. The van der Waals surface area contributed by atoms with E-state index in [-0.39, 0.29) is 17.5 Å². The van der Waals surface area contributed by atoms with Crippen LogP contribution in [0.3, 0.4) is 0 Å². The molecular formula is C20H16FN3O2. The van der Waals surface area contributed by atoms with Gasteiger partial charge in [0.15, 0.2) is 0 Å². The van der Waals surface area contributed by atoms with Crippen LogP contribution in [0.15, 0.2) is 48.5 Å². The molecule has 1 aromatic heterocycles. The van der Waals surface area contributed by atoms with Gasteiger partial charge in [-0.1, -0.05) is 24.3 Å². The molecule has 4 N–H and O–H groups in total. The first-order chi connectivity index (χ1) is 12.5. The summed E-state index contributed by atoms with van der Waals surface area (Å²) in [6.45, 7) is 0.588. The van der Waals surface area contributed by atoms with E-state index >= 15 is 0 Å². The predicted molar refractivity (Wildman–Crippen MR) is 97.2 cm³/mol. The summed E-state index contributed by atoms with van der Waals surface area (Å²) in [5.41, 5.74) is 9.80. The molecule has 6 heteroatoms. The zero-order valence-electron chi connectivity index (χ0n) is 13.8. The van der Waals surface area contributed by atoms with Gasteiger partial charge >= 0.3 is 0 Å². The molecule has 0 saturated carbocycles. The number of nitrogens with zero attached hydrogens (tertiary/aromatic N) is 1. The minimum atomic E-state index is -0.672. The van der Waals surface area contributed by atoms with E-state index in [0.29, 0.717) is 28.8 Å². The molecular weight excluding hydrogens is 333 g/mol. The van der Waals surface area contributed by atoms with Crippen LogP contribution in [0, 0.1) is 5.95 Å². The van der Waals surface area contributed by atoms with Gasteiger partial charge < -0.3 is 16.2 Å². The number of nitrogen functional groups attached to an aromatic ring is 1. The van der Waals surface area contributed by atoms with Crippen LogP contribution in [0.5, 0.6) is 5.75 Å². The highest BCUT2D eigenvalue weighted by atomic mass is 19.1. The van der Waals surface area contributed by atoms with Crippen molar-refractivity contribution in [1.29, 1.82) is 0 Å². The van der Waals surface area contributed by atoms with E-state index in [9.17, 15) is 14.3 Å². The molecule has 1 aliphatic heterocycles. The van der Waals surface area contributed by atoms with Gasteiger partial charge in [0.25, 0.3) is 5.91 Å². The van der Waals surface area contributed by atoms with Crippen molar-refractivity contribution >= 4 is 11.7 Å². The third kappa shape index (κ3) is 2.75. The van der Waals surface area contributed by atoms with E-state index in [1.54, 1.807) is 30.3 Å². The second kappa shape index (κ2) is 6.15. The molecule has 2 aromatic carbocycles. The molecule has 0 fully saturated rings. The number of aromatic nitrogens is 1. The van der Waals surface area contributed by atoms with E-state index in [2.05, 4.69) is 10.3 Å². The van der Waals surface area contributed by atoms with Gasteiger partial charge in [-0.2, -0.15) is 4.39 Å². The van der Waals surface area contributed by atoms with Gasteiger partial charge in [-0.15, -0.1) is 0 Å². The molecule has 0 unspecified atom stereocenters. The Morgan fingerprint density at radius 3 is 2.50 bits per heavy atom. The Morgan fingerprint density at radius 2 is 1.73 bits per heavy atom. The number of phenolic OH excluding ortho intramolecular Hbond substituents is 1. The quantitative estimate of drug-likeness (QED) is 0.620. The van der Waals surface area contributed by atoms with Crippen LogP contribution in [0.4, 0.5) is 10.2 Å². The summed E-state index contributed by atoms with van der Waals surface area (Å²) in [4.78, 5) is 15.7. The molecule has 0 radical (unpaired) electrons. The minimum absolute atomic E-state index is 0.0882. The standard InChI is InChI=1S/C20H16FN3O2/c21-18-16(11-1-4-14(25)5-2-11)10-17(19(22)24-18)12-3-6-15-13(9-12)7-8-23-20(15)26/h1-6,9-10,25H,7-8H2,(H2,22,24)(H,23,26). The molecule has 2 heterocycles. The summed E-state index contributed by atoms with van der Waals surface area (Å²) >= 11 is 0. The Balaban J connectivity index is 1.83. The SMILES string of the molecule is Nc1nc(F)c(-c2ccc(O)cc2)cc1-c1ccc2c(c1)CCNC2=O. The Labute approximate surface area is 149 Å². The summed E-state index contributed by atoms with van der Waals surface area (Å²) in [5, 5.41) is 12.2. The minimum Gasteiger partial charge on any atom is -0.508 e. The highest BCUT2D eigenvalue weighted by Gasteiger charge is 2.19. The average Bonchev–Trinajstić information content (AvgIpc) is 2.63. The fourth-order valence-electron chi connectivity index (χ4n) is 3.17. The molecule has 0 aliphatic carbocycles. The van der Waals surface area contributed by atoms with Crippen LogP contribution in [-0.4, -0.2) is 22.5 Å². The van der Waals surface area contributed by atoms with Crippen LogP contribution in [0.2, 0.25) is 0 Å². The Bertz CT molecular complexity index is 1020. The fourth-order valence-corrected chi connectivity index (χ4v) is 3.17. The number of fused-ring (bicyclic) bond motifs is 1. The van der Waals surface area contributed by atoms with E-state index in [4.69, 9.17) is 5.73 Å². The Morgan fingerprint density at radius 1 is 1.00 bits per heavy atom. The van der Waals surface area contributed by atoms with Gasteiger partial charge in [0.05, 0.1) is 0 Å². The summed E-state index contributed by atoms with van der Waals surface area (Å²) in [7, 11) is 0. The fraction of sp³-hybridized carbons (Fsp3) is 0.100. The number of rotatable bonds is 2. The molecule has 5 nitrogen and oxygen atoms in total. The number of halogens is 1. The Kier molecular flexibility index (Phi) is 3.80. The number of phenols is 1. The van der Waals surface area contributed by atoms with Gasteiger partial charge in [0.2, 0.25) is 5.95 Å². The normalized spacial score (nSPS) is 13.2. The van der Waals surface area contributed by atoms with Crippen LogP contribution < -0.4 is 11.1 Å². The van der Waals surface area contributed by atoms with Crippen molar-refractivity contribution in [3.63, 3.8) is 0 Å². The topological polar surface area (TPSA) is 88.2 Å². The number of hydrogen-bond donors (Lipinski definition) is 3. The van der Waals surface area contributed by atoms with Crippen molar-refractivity contribution in [1.82, 2.24) is 10.3 Å². The molecule has 0 atom stereocenters.